The first kappa shape index (κ1) is 18.2. The average Bonchev–Trinajstić information content (AvgIpc) is 2.62. The first-order chi connectivity index (χ1) is 11.7. The first-order valence-electron chi connectivity index (χ1n) is 8.89. The Kier molecular flexibility index (Phi) is 7.50. The fraction of sp³-hybridized carbons (Fsp3) is 0.381. The summed E-state index contributed by atoms with van der Waals surface area (Å²) in [6.45, 7) is 5.44. The molecule has 0 aliphatic rings. The fourth-order valence-electron chi connectivity index (χ4n) is 2.85. The Morgan fingerprint density at radius 2 is 1.58 bits per heavy atom. The highest BCUT2D eigenvalue weighted by Crippen LogP contribution is 2.22. The summed E-state index contributed by atoms with van der Waals surface area (Å²) in [5.74, 6) is 0.0327. The number of aryl methyl sites for hydroxylation is 3. The first-order valence-corrected chi connectivity index (χ1v) is 8.89. The van der Waals surface area contributed by atoms with Crippen LogP contribution in [0.3, 0.4) is 0 Å². The molecule has 1 amide bonds. The SMILES string of the molecule is CCc1cccc(CC)c1NC(=O)CNCCCc1ccccc1. The van der Waals surface area contributed by atoms with E-state index >= 15 is 0 Å². The monoisotopic (exact) mass is 324 g/mol. The summed E-state index contributed by atoms with van der Waals surface area (Å²) in [6, 6.07) is 16.7. The van der Waals surface area contributed by atoms with Gasteiger partial charge in [-0.25, -0.2) is 0 Å². The molecule has 0 fully saturated rings. The minimum atomic E-state index is 0.0327. The number of hydrogen-bond acceptors (Lipinski definition) is 2. The molecule has 0 radical (unpaired) electrons. The molecule has 2 aromatic carbocycles. The van der Waals surface area contributed by atoms with Crippen molar-refractivity contribution >= 4 is 11.6 Å². The van der Waals surface area contributed by atoms with Crippen LogP contribution in [0.15, 0.2) is 48.5 Å². The van der Waals surface area contributed by atoms with E-state index in [1.165, 1.54) is 16.7 Å². The van der Waals surface area contributed by atoms with Crippen LogP contribution in [-0.2, 0) is 24.1 Å². The van der Waals surface area contributed by atoms with Crippen molar-refractivity contribution in [2.75, 3.05) is 18.4 Å². The van der Waals surface area contributed by atoms with Crippen LogP contribution in [0.4, 0.5) is 5.69 Å². The summed E-state index contributed by atoms with van der Waals surface area (Å²) in [7, 11) is 0. The zero-order valence-electron chi connectivity index (χ0n) is 14.8. The fourth-order valence-corrected chi connectivity index (χ4v) is 2.85. The van der Waals surface area contributed by atoms with E-state index in [1.54, 1.807) is 0 Å². The van der Waals surface area contributed by atoms with Crippen molar-refractivity contribution in [3.63, 3.8) is 0 Å². The second-order valence-corrected chi connectivity index (χ2v) is 5.97. The van der Waals surface area contributed by atoms with Gasteiger partial charge in [0.1, 0.15) is 0 Å². The Morgan fingerprint density at radius 1 is 0.917 bits per heavy atom. The standard InChI is InChI=1S/C21H28N2O/c1-3-18-13-8-14-19(4-2)21(18)23-20(24)16-22-15-9-12-17-10-6-5-7-11-17/h5-8,10-11,13-14,22H,3-4,9,12,15-16H2,1-2H3,(H,23,24). The van der Waals surface area contributed by atoms with Crippen LogP contribution < -0.4 is 10.6 Å². The lowest BCUT2D eigenvalue weighted by atomic mass is 10.0. The van der Waals surface area contributed by atoms with E-state index in [9.17, 15) is 4.79 Å². The Labute approximate surface area is 145 Å². The maximum Gasteiger partial charge on any atom is 0.238 e. The molecule has 0 saturated heterocycles. The average molecular weight is 324 g/mol. The van der Waals surface area contributed by atoms with Gasteiger partial charge in [-0.15, -0.1) is 0 Å². The molecular weight excluding hydrogens is 296 g/mol. The molecule has 0 aromatic heterocycles. The lowest BCUT2D eigenvalue weighted by Gasteiger charge is -2.14. The molecule has 0 unspecified atom stereocenters. The van der Waals surface area contributed by atoms with Gasteiger partial charge in [0.2, 0.25) is 5.91 Å². The third-order valence-electron chi connectivity index (χ3n) is 4.21. The van der Waals surface area contributed by atoms with E-state index in [0.29, 0.717) is 6.54 Å². The van der Waals surface area contributed by atoms with Gasteiger partial charge in [-0.2, -0.15) is 0 Å². The third-order valence-corrected chi connectivity index (χ3v) is 4.21. The Bertz CT molecular complexity index is 615. The molecule has 3 nitrogen and oxygen atoms in total. The van der Waals surface area contributed by atoms with Gasteiger partial charge in [0, 0.05) is 5.69 Å². The van der Waals surface area contributed by atoms with Crippen molar-refractivity contribution in [1.82, 2.24) is 5.32 Å². The molecule has 0 aliphatic carbocycles. The lowest BCUT2D eigenvalue weighted by molar-refractivity contribution is -0.115. The molecule has 0 bridgehead atoms. The van der Waals surface area contributed by atoms with Crippen molar-refractivity contribution in [3.05, 3.63) is 65.2 Å². The van der Waals surface area contributed by atoms with E-state index in [-0.39, 0.29) is 5.91 Å². The Morgan fingerprint density at radius 3 is 2.21 bits per heavy atom. The van der Waals surface area contributed by atoms with Crippen LogP contribution in [0.25, 0.3) is 0 Å². The maximum absolute atomic E-state index is 12.2. The van der Waals surface area contributed by atoms with Gasteiger partial charge in [-0.1, -0.05) is 62.4 Å². The van der Waals surface area contributed by atoms with E-state index in [4.69, 9.17) is 0 Å². The predicted molar refractivity (Wildman–Crippen MR) is 101 cm³/mol. The number of nitrogens with one attached hydrogen (secondary N) is 2. The number of anilines is 1. The van der Waals surface area contributed by atoms with E-state index in [1.807, 2.05) is 6.07 Å². The van der Waals surface area contributed by atoms with E-state index < -0.39 is 0 Å². The smallest absolute Gasteiger partial charge is 0.238 e. The van der Waals surface area contributed by atoms with Crippen LogP contribution in [0, 0.1) is 0 Å². The maximum atomic E-state index is 12.2. The van der Waals surface area contributed by atoms with E-state index in [2.05, 4.69) is 66.9 Å². The normalized spacial score (nSPS) is 10.6. The zero-order chi connectivity index (χ0) is 17.2. The van der Waals surface area contributed by atoms with Crippen LogP contribution >= 0.6 is 0 Å². The van der Waals surface area contributed by atoms with E-state index in [0.717, 1.165) is 37.9 Å². The van der Waals surface area contributed by atoms with Crippen LogP contribution in [-0.4, -0.2) is 19.0 Å². The number of benzene rings is 2. The second kappa shape index (κ2) is 9.89. The van der Waals surface area contributed by atoms with Gasteiger partial charge >= 0.3 is 0 Å². The summed E-state index contributed by atoms with van der Waals surface area (Å²) in [5.41, 5.74) is 4.74. The largest absolute Gasteiger partial charge is 0.324 e. The molecule has 0 aliphatic heterocycles. The van der Waals surface area contributed by atoms with Crippen LogP contribution in [0.1, 0.15) is 37.0 Å². The summed E-state index contributed by atoms with van der Waals surface area (Å²) in [5, 5.41) is 6.33. The second-order valence-electron chi connectivity index (χ2n) is 5.97. The van der Waals surface area contributed by atoms with Gasteiger partial charge in [0.05, 0.1) is 6.54 Å². The Balaban J connectivity index is 1.76. The quantitative estimate of drug-likeness (QED) is 0.685. The number of rotatable bonds is 9. The molecule has 0 heterocycles. The van der Waals surface area contributed by atoms with Crippen molar-refractivity contribution in [1.29, 1.82) is 0 Å². The zero-order valence-corrected chi connectivity index (χ0v) is 14.8. The van der Waals surface area contributed by atoms with Gasteiger partial charge in [-0.3, -0.25) is 4.79 Å². The summed E-state index contributed by atoms with van der Waals surface area (Å²) >= 11 is 0. The highest BCUT2D eigenvalue weighted by molar-refractivity contribution is 5.93. The minimum Gasteiger partial charge on any atom is -0.324 e. The molecule has 24 heavy (non-hydrogen) atoms. The van der Waals surface area contributed by atoms with Gasteiger partial charge in [0.25, 0.3) is 0 Å². The van der Waals surface area contributed by atoms with Crippen LogP contribution in [0.2, 0.25) is 0 Å². The van der Waals surface area contributed by atoms with Gasteiger partial charge < -0.3 is 10.6 Å². The number of amides is 1. The Hall–Kier alpha value is -2.13. The molecule has 2 rings (SSSR count). The van der Waals surface area contributed by atoms with Crippen molar-refractivity contribution in [2.45, 2.75) is 39.5 Å². The number of carbonyl (C=O) groups excluding carboxylic acids is 1. The number of carbonyl (C=O) groups is 1. The number of hydrogen-bond donors (Lipinski definition) is 2. The highest BCUT2D eigenvalue weighted by Gasteiger charge is 2.09. The molecule has 0 saturated carbocycles. The molecular formula is C21H28N2O. The minimum absolute atomic E-state index is 0.0327. The summed E-state index contributed by atoms with van der Waals surface area (Å²) in [6.07, 6.45) is 3.92. The molecule has 0 atom stereocenters. The lowest BCUT2D eigenvalue weighted by Crippen LogP contribution is -2.29. The van der Waals surface area contributed by atoms with Crippen molar-refractivity contribution in [3.8, 4) is 0 Å². The number of para-hydroxylation sites is 1. The van der Waals surface area contributed by atoms with Crippen molar-refractivity contribution in [2.24, 2.45) is 0 Å². The summed E-state index contributed by atoms with van der Waals surface area (Å²) < 4.78 is 0. The molecule has 0 spiro atoms. The molecule has 2 N–H and O–H groups in total. The topological polar surface area (TPSA) is 41.1 Å². The molecule has 2 aromatic rings. The molecule has 3 heteroatoms. The van der Waals surface area contributed by atoms with Gasteiger partial charge in [-0.05, 0) is 48.9 Å². The summed E-state index contributed by atoms with van der Waals surface area (Å²) in [4.78, 5) is 12.2. The predicted octanol–water partition coefficient (Wildman–Crippen LogP) is 3.97. The highest BCUT2D eigenvalue weighted by atomic mass is 16.1. The van der Waals surface area contributed by atoms with Crippen molar-refractivity contribution < 1.29 is 4.79 Å². The third kappa shape index (κ3) is 5.50. The molecule has 128 valence electrons. The van der Waals surface area contributed by atoms with Crippen LogP contribution in [0.5, 0.6) is 0 Å². The van der Waals surface area contributed by atoms with Gasteiger partial charge in [0.15, 0.2) is 0 Å².